The van der Waals surface area contributed by atoms with Gasteiger partial charge in [0.2, 0.25) is 18.1 Å². The smallest absolute Gasteiger partial charge is 0.249 e. The second-order valence-electron chi connectivity index (χ2n) is 4.09. The molecule has 1 aliphatic heterocycles. The summed E-state index contributed by atoms with van der Waals surface area (Å²) in [5, 5.41) is 5.94. The average molecular weight is 328 g/mol. The standard InChI is InChI=1S/C11H10BrN3O2S/c12-7-4-9(18-5-7)10-13-11(17-14-10)8-2-1-3-15(8)6-16/h4-6,8H,1-3H2. The number of likely N-dealkylation sites (tertiary alicyclic amines) is 1. The molecule has 7 heteroatoms. The second kappa shape index (κ2) is 4.81. The Labute approximate surface area is 116 Å². The molecule has 5 nitrogen and oxygen atoms in total. The molecule has 1 fully saturated rings. The van der Waals surface area contributed by atoms with Crippen LogP contribution in [0.3, 0.4) is 0 Å². The highest BCUT2D eigenvalue weighted by atomic mass is 79.9. The maximum Gasteiger partial charge on any atom is 0.249 e. The first kappa shape index (κ1) is 11.9. The highest BCUT2D eigenvalue weighted by molar-refractivity contribution is 9.10. The first-order valence-corrected chi connectivity index (χ1v) is 7.24. The molecule has 1 saturated heterocycles. The molecule has 3 rings (SSSR count). The number of amides is 1. The van der Waals surface area contributed by atoms with Crippen LogP contribution in [0.25, 0.3) is 10.7 Å². The maximum atomic E-state index is 10.9. The molecule has 94 valence electrons. The Morgan fingerprint density at radius 1 is 1.61 bits per heavy atom. The van der Waals surface area contributed by atoms with Gasteiger partial charge in [-0.1, -0.05) is 5.16 Å². The van der Waals surface area contributed by atoms with Crippen LogP contribution in [0.1, 0.15) is 24.8 Å². The molecule has 1 aliphatic rings. The third kappa shape index (κ3) is 2.08. The van der Waals surface area contributed by atoms with Crippen LogP contribution in [-0.4, -0.2) is 28.0 Å². The molecule has 0 N–H and O–H groups in total. The molecule has 1 unspecified atom stereocenters. The summed E-state index contributed by atoms with van der Waals surface area (Å²) in [7, 11) is 0. The lowest BCUT2D eigenvalue weighted by Gasteiger charge is -2.14. The van der Waals surface area contributed by atoms with Crippen LogP contribution in [0.4, 0.5) is 0 Å². The molecule has 0 aliphatic carbocycles. The van der Waals surface area contributed by atoms with Crippen LogP contribution in [0.2, 0.25) is 0 Å². The molecule has 0 saturated carbocycles. The molecule has 0 radical (unpaired) electrons. The van der Waals surface area contributed by atoms with Gasteiger partial charge in [0, 0.05) is 16.4 Å². The number of hydrogen-bond acceptors (Lipinski definition) is 5. The van der Waals surface area contributed by atoms with E-state index in [-0.39, 0.29) is 6.04 Å². The highest BCUT2D eigenvalue weighted by Crippen LogP contribution is 2.32. The fourth-order valence-corrected chi connectivity index (χ4v) is 3.43. The number of aromatic nitrogens is 2. The zero-order valence-electron chi connectivity index (χ0n) is 9.38. The van der Waals surface area contributed by atoms with E-state index < -0.39 is 0 Å². The molecular weight excluding hydrogens is 318 g/mol. The fraction of sp³-hybridized carbons (Fsp3) is 0.364. The van der Waals surface area contributed by atoms with E-state index in [9.17, 15) is 4.79 Å². The van der Waals surface area contributed by atoms with Gasteiger partial charge in [0.1, 0.15) is 6.04 Å². The number of halogens is 1. The van der Waals surface area contributed by atoms with Gasteiger partial charge in [0.15, 0.2) is 0 Å². The second-order valence-corrected chi connectivity index (χ2v) is 5.91. The van der Waals surface area contributed by atoms with Gasteiger partial charge in [-0.15, -0.1) is 11.3 Å². The van der Waals surface area contributed by atoms with Crippen molar-refractivity contribution in [2.24, 2.45) is 0 Å². The zero-order valence-corrected chi connectivity index (χ0v) is 11.8. The Balaban J connectivity index is 1.87. The predicted molar refractivity (Wildman–Crippen MR) is 70.1 cm³/mol. The van der Waals surface area contributed by atoms with E-state index >= 15 is 0 Å². The van der Waals surface area contributed by atoms with Crippen molar-refractivity contribution in [2.45, 2.75) is 18.9 Å². The van der Waals surface area contributed by atoms with Crippen LogP contribution >= 0.6 is 27.3 Å². The average Bonchev–Trinajstić information content (AvgIpc) is 3.07. The summed E-state index contributed by atoms with van der Waals surface area (Å²) in [6.07, 6.45) is 2.71. The number of carbonyl (C=O) groups is 1. The maximum absolute atomic E-state index is 10.9. The number of hydrogen-bond donors (Lipinski definition) is 0. The lowest BCUT2D eigenvalue weighted by atomic mass is 10.2. The van der Waals surface area contributed by atoms with E-state index in [0.717, 1.165) is 35.1 Å². The molecule has 18 heavy (non-hydrogen) atoms. The first-order valence-electron chi connectivity index (χ1n) is 5.57. The van der Waals surface area contributed by atoms with Crippen molar-refractivity contribution in [3.8, 4) is 10.7 Å². The fourth-order valence-electron chi connectivity index (χ4n) is 2.08. The Morgan fingerprint density at radius 2 is 2.50 bits per heavy atom. The quantitative estimate of drug-likeness (QED) is 0.813. The largest absolute Gasteiger partial charge is 0.337 e. The normalized spacial score (nSPS) is 19.4. The summed E-state index contributed by atoms with van der Waals surface area (Å²) < 4.78 is 6.28. The molecule has 0 aromatic carbocycles. The van der Waals surface area contributed by atoms with Crippen molar-refractivity contribution in [1.29, 1.82) is 0 Å². The van der Waals surface area contributed by atoms with Gasteiger partial charge in [-0.25, -0.2) is 0 Å². The third-order valence-electron chi connectivity index (χ3n) is 2.94. The minimum Gasteiger partial charge on any atom is -0.337 e. The van der Waals surface area contributed by atoms with Crippen molar-refractivity contribution in [2.75, 3.05) is 6.54 Å². The molecule has 1 amide bonds. The van der Waals surface area contributed by atoms with Crippen LogP contribution < -0.4 is 0 Å². The SMILES string of the molecule is O=CN1CCCC1c1nc(-c2cc(Br)cs2)no1. The van der Waals surface area contributed by atoms with E-state index in [1.54, 1.807) is 16.2 Å². The summed E-state index contributed by atoms with van der Waals surface area (Å²) in [5.41, 5.74) is 0. The number of rotatable bonds is 3. The van der Waals surface area contributed by atoms with Crippen molar-refractivity contribution in [1.82, 2.24) is 15.0 Å². The third-order valence-corrected chi connectivity index (χ3v) is 4.63. The van der Waals surface area contributed by atoms with Crippen molar-refractivity contribution in [3.63, 3.8) is 0 Å². The van der Waals surface area contributed by atoms with Crippen molar-refractivity contribution >= 4 is 33.7 Å². The number of nitrogens with zero attached hydrogens (tertiary/aromatic N) is 3. The number of carbonyl (C=O) groups excluding carboxylic acids is 1. The van der Waals surface area contributed by atoms with Gasteiger partial charge in [0.25, 0.3) is 0 Å². The molecule has 1 atom stereocenters. The summed E-state index contributed by atoms with van der Waals surface area (Å²) in [4.78, 5) is 17.9. The highest BCUT2D eigenvalue weighted by Gasteiger charge is 2.29. The van der Waals surface area contributed by atoms with Crippen LogP contribution in [0.5, 0.6) is 0 Å². The van der Waals surface area contributed by atoms with Crippen molar-refractivity contribution in [3.05, 3.63) is 21.8 Å². The Hall–Kier alpha value is -1.21. The first-order chi connectivity index (χ1) is 8.78. The molecule has 3 heterocycles. The zero-order chi connectivity index (χ0) is 12.5. The Morgan fingerprint density at radius 3 is 3.22 bits per heavy atom. The topological polar surface area (TPSA) is 59.2 Å². The monoisotopic (exact) mass is 327 g/mol. The molecule has 0 bridgehead atoms. The molecular formula is C11H10BrN3O2S. The van der Waals surface area contributed by atoms with Crippen LogP contribution in [-0.2, 0) is 4.79 Å². The van der Waals surface area contributed by atoms with Gasteiger partial charge in [-0.3, -0.25) is 4.79 Å². The van der Waals surface area contributed by atoms with Gasteiger partial charge in [-0.2, -0.15) is 4.98 Å². The van der Waals surface area contributed by atoms with E-state index in [1.165, 1.54) is 0 Å². The predicted octanol–water partition coefficient (Wildman–Crippen LogP) is 2.85. The summed E-state index contributed by atoms with van der Waals surface area (Å²) >= 11 is 4.94. The van der Waals surface area contributed by atoms with Crippen LogP contribution in [0.15, 0.2) is 20.4 Å². The van der Waals surface area contributed by atoms with Crippen LogP contribution in [0, 0.1) is 0 Å². The number of thiophene rings is 1. The van der Waals surface area contributed by atoms with Gasteiger partial charge < -0.3 is 9.42 Å². The Kier molecular flexibility index (Phi) is 3.17. The van der Waals surface area contributed by atoms with E-state index in [0.29, 0.717) is 11.7 Å². The van der Waals surface area contributed by atoms with E-state index in [1.807, 2.05) is 11.4 Å². The van der Waals surface area contributed by atoms with Gasteiger partial charge in [-0.05, 0) is 34.8 Å². The lowest BCUT2D eigenvalue weighted by molar-refractivity contribution is -0.119. The summed E-state index contributed by atoms with van der Waals surface area (Å²) in [6.45, 7) is 0.760. The summed E-state index contributed by atoms with van der Waals surface area (Å²) in [5.74, 6) is 1.11. The Bertz CT molecular complexity index is 568. The van der Waals surface area contributed by atoms with E-state index in [2.05, 4.69) is 26.1 Å². The van der Waals surface area contributed by atoms with E-state index in [4.69, 9.17) is 4.52 Å². The van der Waals surface area contributed by atoms with Gasteiger partial charge in [0.05, 0.1) is 4.88 Å². The molecule has 2 aromatic rings. The van der Waals surface area contributed by atoms with Crippen molar-refractivity contribution < 1.29 is 9.32 Å². The minimum atomic E-state index is -0.0628. The molecule has 2 aromatic heterocycles. The van der Waals surface area contributed by atoms with Gasteiger partial charge >= 0.3 is 0 Å². The minimum absolute atomic E-state index is 0.0628. The lowest BCUT2D eigenvalue weighted by Crippen LogP contribution is -2.21. The summed E-state index contributed by atoms with van der Waals surface area (Å²) in [6, 6.07) is 1.89. The molecule has 0 spiro atoms.